The number of rotatable bonds is 8. The third kappa shape index (κ3) is 5.06. The molecule has 0 amide bonds. The van der Waals surface area contributed by atoms with Crippen LogP contribution in [0.25, 0.3) is 0 Å². The summed E-state index contributed by atoms with van der Waals surface area (Å²) in [6.45, 7) is 0.818. The van der Waals surface area contributed by atoms with Crippen LogP contribution >= 0.6 is 29.8 Å². The molecule has 0 aliphatic rings. The normalized spacial score (nSPS) is 18.0. The summed E-state index contributed by atoms with van der Waals surface area (Å²) in [4.78, 5) is 0. The standard InChI is InChI=1S/C9H23N2O3PS3/c1-7-9(2)17-15(12,10(3)8-16-5)11(4)18(6,13)14/h9H,7-8H2,1-6H3. The van der Waals surface area contributed by atoms with Crippen LogP contribution in [0.3, 0.4) is 0 Å². The largest absolute Gasteiger partial charge is 0.285 e. The van der Waals surface area contributed by atoms with Crippen LogP contribution in [0, 0.1) is 0 Å². The van der Waals surface area contributed by atoms with E-state index in [1.165, 1.54) is 30.2 Å². The van der Waals surface area contributed by atoms with Gasteiger partial charge in [-0.05, 0) is 19.7 Å². The first-order chi connectivity index (χ1) is 8.09. The Hall–Kier alpha value is 0.800. The van der Waals surface area contributed by atoms with Crippen LogP contribution in [0.15, 0.2) is 0 Å². The third-order valence-electron chi connectivity index (χ3n) is 2.48. The Balaban J connectivity index is 5.34. The van der Waals surface area contributed by atoms with Gasteiger partial charge in [-0.1, -0.05) is 25.2 Å². The molecule has 0 saturated heterocycles. The molecule has 0 saturated carbocycles. The Kier molecular flexibility index (Phi) is 7.88. The number of thioether (sulfide) groups is 1. The van der Waals surface area contributed by atoms with E-state index < -0.39 is 16.7 Å². The molecule has 110 valence electrons. The number of sulfonamides is 1. The molecule has 9 heteroatoms. The molecule has 5 nitrogen and oxygen atoms in total. The van der Waals surface area contributed by atoms with Crippen LogP contribution in [0.5, 0.6) is 0 Å². The average Bonchev–Trinajstić information content (AvgIpc) is 2.26. The molecule has 0 heterocycles. The molecule has 0 aromatic carbocycles. The highest BCUT2D eigenvalue weighted by Gasteiger charge is 2.39. The van der Waals surface area contributed by atoms with Gasteiger partial charge < -0.3 is 0 Å². The van der Waals surface area contributed by atoms with E-state index in [4.69, 9.17) is 0 Å². The average molecular weight is 334 g/mol. The monoisotopic (exact) mass is 334 g/mol. The van der Waals surface area contributed by atoms with Gasteiger partial charge in [0.2, 0.25) is 10.0 Å². The van der Waals surface area contributed by atoms with Crippen molar-refractivity contribution in [3.63, 3.8) is 0 Å². The second-order valence-electron chi connectivity index (χ2n) is 4.09. The van der Waals surface area contributed by atoms with Crippen molar-refractivity contribution in [3.8, 4) is 0 Å². The minimum absolute atomic E-state index is 0.143. The second kappa shape index (κ2) is 7.55. The Morgan fingerprint density at radius 2 is 1.83 bits per heavy atom. The molecule has 0 radical (unpaired) electrons. The molecule has 0 bridgehead atoms. The van der Waals surface area contributed by atoms with E-state index in [9.17, 15) is 13.0 Å². The highest BCUT2D eigenvalue weighted by Crippen LogP contribution is 2.65. The van der Waals surface area contributed by atoms with E-state index in [2.05, 4.69) is 0 Å². The summed E-state index contributed by atoms with van der Waals surface area (Å²) in [5, 5.41) is 0.143. The van der Waals surface area contributed by atoms with Gasteiger partial charge in [0.05, 0.1) is 12.1 Å². The predicted octanol–water partition coefficient (Wildman–Crippen LogP) is 2.77. The first-order valence-electron chi connectivity index (χ1n) is 5.53. The topological polar surface area (TPSA) is 57.7 Å². The Morgan fingerprint density at radius 3 is 2.17 bits per heavy atom. The van der Waals surface area contributed by atoms with E-state index in [0.29, 0.717) is 5.88 Å². The Bertz CT molecular complexity index is 402. The van der Waals surface area contributed by atoms with Gasteiger partial charge in [-0.25, -0.2) is 13.1 Å². The minimum Gasteiger partial charge on any atom is -0.275 e. The fourth-order valence-electron chi connectivity index (χ4n) is 1.12. The van der Waals surface area contributed by atoms with Gasteiger partial charge in [-0.3, -0.25) is 4.57 Å². The van der Waals surface area contributed by atoms with Gasteiger partial charge in [-0.15, -0.1) is 15.8 Å². The molecule has 0 N–H and O–H groups in total. The molecular weight excluding hydrogens is 311 g/mol. The molecule has 0 aliphatic heterocycles. The smallest absolute Gasteiger partial charge is 0.275 e. The molecule has 2 unspecified atom stereocenters. The van der Waals surface area contributed by atoms with E-state index in [1.807, 2.05) is 20.1 Å². The summed E-state index contributed by atoms with van der Waals surface area (Å²) >= 11 is 2.76. The SMILES string of the molecule is CCC(C)SP(=O)(N(C)CSC)N(C)S(C)(=O)=O. The first kappa shape index (κ1) is 18.8. The zero-order chi connectivity index (χ0) is 14.6. The van der Waals surface area contributed by atoms with Crippen molar-refractivity contribution in [2.24, 2.45) is 0 Å². The maximum Gasteiger partial charge on any atom is 0.285 e. The van der Waals surface area contributed by atoms with Gasteiger partial charge in [0.25, 0.3) is 6.65 Å². The zero-order valence-electron chi connectivity index (χ0n) is 11.8. The van der Waals surface area contributed by atoms with E-state index in [1.54, 1.807) is 11.7 Å². The Labute approximate surface area is 119 Å². The van der Waals surface area contributed by atoms with Crippen LogP contribution in [0.4, 0.5) is 0 Å². The lowest BCUT2D eigenvalue weighted by Crippen LogP contribution is -2.30. The number of hydrogen-bond acceptors (Lipinski definition) is 5. The molecule has 0 spiro atoms. The lowest BCUT2D eigenvalue weighted by Gasteiger charge is -2.34. The second-order valence-corrected chi connectivity index (χ2v) is 12.5. The molecule has 0 aromatic rings. The first-order valence-corrected chi connectivity index (χ1v) is 11.9. The maximum atomic E-state index is 13.0. The molecule has 0 rings (SSSR count). The molecule has 0 fully saturated rings. The summed E-state index contributed by atoms with van der Waals surface area (Å²) in [6.07, 6.45) is 3.83. The van der Waals surface area contributed by atoms with Gasteiger partial charge in [-0.2, -0.15) is 0 Å². The quantitative estimate of drug-likeness (QED) is 0.502. The van der Waals surface area contributed by atoms with E-state index in [-0.39, 0.29) is 5.25 Å². The van der Waals surface area contributed by atoms with Crippen LogP contribution in [-0.2, 0) is 14.6 Å². The van der Waals surface area contributed by atoms with Gasteiger partial charge in [0.15, 0.2) is 0 Å². The zero-order valence-corrected chi connectivity index (χ0v) is 15.1. The van der Waals surface area contributed by atoms with Crippen LogP contribution in [0.1, 0.15) is 20.3 Å². The lowest BCUT2D eigenvalue weighted by molar-refractivity contribution is 0.479. The van der Waals surface area contributed by atoms with Crippen molar-refractivity contribution in [3.05, 3.63) is 0 Å². The fraction of sp³-hybridized carbons (Fsp3) is 1.00. The summed E-state index contributed by atoms with van der Waals surface area (Å²) < 4.78 is 39.0. The van der Waals surface area contributed by atoms with Crippen LogP contribution in [0.2, 0.25) is 0 Å². The minimum atomic E-state index is -3.48. The molecule has 0 aromatic heterocycles. The molecule has 18 heavy (non-hydrogen) atoms. The number of hydrogen-bond donors (Lipinski definition) is 0. The Morgan fingerprint density at radius 1 is 1.33 bits per heavy atom. The summed E-state index contributed by atoms with van der Waals surface area (Å²) in [7, 11) is -0.385. The van der Waals surface area contributed by atoms with Crippen LogP contribution in [-0.4, -0.2) is 54.9 Å². The van der Waals surface area contributed by atoms with Gasteiger partial charge >= 0.3 is 0 Å². The maximum absolute atomic E-state index is 13.0. The highest BCUT2D eigenvalue weighted by molar-refractivity contribution is 8.57. The lowest BCUT2D eigenvalue weighted by atomic mass is 10.4. The van der Waals surface area contributed by atoms with E-state index >= 15 is 0 Å². The highest BCUT2D eigenvalue weighted by atomic mass is 32.7. The number of nitrogens with zero attached hydrogens (tertiary/aromatic N) is 2. The van der Waals surface area contributed by atoms with Crippen molar-refractivity contribution in [2.75, 3.05) is 32.5 Å². The molecule has 2 atom stereocenters. The van der Waals surface area contributed by atoms with Gasteiger partial charge in [0, 0.05) is 12.3 Å². The van der Waals surface area contributed by atoms with Crippen molar-refractivity contribution >= 4 is 39.8 Å². The summed E-state index contributed by atoms with van der Waals surface area (Å²) in [5.74, 6) is 0.528. The summed E-state index contributed by atoms with van der Waals surface area (Å²) in [5.41, 5.74) is 0. The van der Waals surface area contributed by atoms with Crippen molar-refractivity contribution in [1.29, 1.82) is 0 Å². The molecular formula is C9H23N2O3PS3. The van der Waals surface area contributed by atoms with Crippen molar-refractivity contribution < 1.29 is 13.0 Å². The predicted molar refractivity (Wildman–Crippen MR) is 83.7 cm³/mol. The van der Waals surface area contributed by atoms with Crippen LogP contribution < -0.4 is 0 Å². The van der Waals surface area contributed by atoms with Gasteiger partial charge in [0.1, 0.15) is 0 Å². The van der Waals surface area contributed by atoms with E-state index in [0.717, 1.165) is 16.8 Å². The van der Waals surface area contributed by atoms with Crippen molar-refractivity contribution in [2.45, 2.75) is 25.5 Å². The molecule has 0 aliphatic carbocycles. The third-order valence-corrected chi connectivity index (χ3v) is 12.3. The summed E-state index contributed by atoms with van der Waals surface area (Å²) in [6, 6.07) is 0. The van der Waals surface area contributed by atoms with Crippen molar-refractivity contribution in [1.82, 2.24) is 8.75 Å². The fourth-order valence-corrected chi connectivity index (χ4v) is 10.2.